The van der Waals surface area contributed by atoms with Crippen molar-refractivity contribution in [1.29, 1.82) is 0 Å². The molecule has 0 heterocycles. The first-order valence-electron chi connectivity index (χ1n) is 10.4. The highest BCUT2D eigenvalue weighted by molar-refractivity contribution is 6.02. The molecule has 0 radical (unpaired) electrons. The highest BCUT2D eigenvalue weighted by atomic mass is 16.6. The molecule has 1 saturated carbocycles. The van der Waals surface area contributed by atoms with E-state index in [-0.39, 0.29) is 25.0 Å². The molecule has 2 aliphatic rings. The van der Waals surface area contributed by atoms with Crippen LogP contribution in [0.15, 0.2) is 48.1 Å². The van der Waals surface area contributed by atoms with E-state index in [0.29, 0.717) is 6.42 Å². The number of carbonyl (C=O) groups excluding carboxylic acids is 2. The van der Waals surface area contributed by atoms with Gasteiger partial charge in [0.2, 0.25) is 0 Å². The zero-order valence-corrected chi connectivity index (χ0v) is 16.9. The van der Waals surface area contributed by atoms with Crippen LogP contribution in [0.1, 0.15) is 51.5 Å². The van der Waals surface area contributed by atoms with Gasteiger partial charge in [-0.2, -0.15) is 0 Å². The molecular weight excluding hydrogens is 352 g/mol. The van der Waals surface area contributed by atoms with Gasteiger partial charge in [-0.05, 0) is 51.0 Å². The van der Waals surface area contributed by atoms with Crippen LogP contribution in [0.2, 0.25) is 0 Å². The lowest BCUT2D eigenvalue weighted by Crippen LogP contribution is -2.46. The Kier molecular flexibility index (Phi) is 6.71. The minimum Gasteiger partial charge on any atom is -0.465 e. The smallest absolute Gasteiger partial charge is 0.324 e. The van der Waals surface area contributed by atoms with E-state index in [4.69, 9.17) is 9.47 Å². The highest BCUT2D eigenvalue weighted by Crippen LogP contribution is 2.55. The molecule has 28 heavy (non-hydrogen) atoms. The molecule has 2 aliphatic carbocycles. The zero-order chi connectivity index (χ0) is 20.0. The Hall–Kier alpha value is -2.36. The molecule has 3 rings (SSSR count). The van der Waals surface area contributed by atoms with Crippen molar-refractivity contribution in [2.75, 3.05) is 13.2 Å². The van der Waals surface area contributed by atoms with E-state index in [9.17, 15) is 9.59 Å². The van der Waals surface area contributed by atoms with Crippen LogP contribution in [-0.4, -0.2) is 25.2 Å². The Morgan fingerprint density at radius 2 is 1.75 bits per heavy atom. The van der Waals surface area contributed by atoms with Crippen LogP contribution >= 0.6 is 0 Å². The highest BCUT2D eigenvalue weighted by Gasteiger charge is 2.61. The van der Waals surface area contributed by atoms with Crippen molar-refractivity contribution in [3.63, 3.8) is 0 Å². The summed E-state index contributed by atoms with van der Waals surface area (Å²) in [4.78, 5) is 26.3. The Bertz CT molecular complexity index is 729. The van der Waals surface area contributed by atoms with Crippen LogP contribution in [0.25, 0.3) is 6.08 Å². The van der Waals surface area contributed by atoms with Crippen LogP contribution in [0, 0.1) is 17.3 Å². The Balaban J connectivity index is 2.11. The van der Waals surface area contributed by atoms with Crippen molar-refractivity contribution in [2.45, 2.75) is 46.0 Å². The van der Waals surface area contributed by atoms with E-state index in [1.54, 1.807) is 13.8 Å². The predicted molar refractivity (Wildman–Crippen MR) is 109 cm³/mol. The van der Waals surface area contributed by atoms with E-state index in [2.05, 4.69) is 18.2 Å². The summed E-state index contributed by atoms with van der Waals surface area (Å²) >= 11 is 0. The molecule has 4 heteroatoms. The van der Waals surface area contributed by atoms with Gasteiger partial charge in [0.1, 0.15) is 0 Å². The van der Waals surface area contributed by atoms with Gasteiger partial charge in [0, 0.05) is 5.92 Å². The second-order valence-electron chi connectivity index (χ2n) is 7.56. The molecule has 1 aromatic carbocycles. The van der Waals surface area contributed by atoms with Crippen molar-refractivity contribution in [3.05, 3.63) is 53.6 Å². The number of rotatable bonds is 5. The number of carbonyl (C=O) groups is 2. The standard InChI is InChI=1S/C24H30O4/c1-3-27-22(25)24(23(26)28-4-2)17-19(16-18-12-8-7-9-13-18)20-14-10-5-6-11-15-21(20)24/h7-10,12-14,16,20-21H,3-6,11,15,17H2,1-2H3/b14-10-,19-16-/t20-,21+/m0/s1. The van der Waals surface area contributed by atoms with Crippen molar-refractivity contribution in [3.8, 4) is 0 Å². The second kappa shape index (κ2) is 9.22. The number of allylic oxidation sites excluding steroid dienone is 3. The molecule has 0 saturated heterocycles. The lowest BCUT2D eigenvalue weighted by Gasteiger charge is -2.32. The average Bonchev–Trinajstić information content (AvgIpc) is 2.96. The molecule has 0 N–H and O–H groups in total. The second-order valence-corrected chi connectivity index (χ2v) is 7.56. The molecule has 0 aliphatic heterocycles. The van der Waals surface area contributed by atoms with Gasteiger partial charge in [-0.25, -0.2) is 0 Å². The Morgan fingerprint density at radius 1 is 1.07 bits per heavy atom. The molecular formula is C24H30O4. The Morgan fingerprint density at radius 3 is 2.39 bits per heavy atom. The maximum Gasteiger partial charge on any atom is 0.324 e. The summed E-state index contributed by atoms with van der Waals surface area (Å²) in [7, 11) is 0. The van der Waals surface area contributed by atoms with Crippen LogP contribution in [-0.2, 0) is 19.1 Å². The number of ether oxygens (including phenoxy) is 2. The maximum absolute atomic E-state index is 13.2. The molecule has 2 atom stereocenters. The summed E-state index contributed by atoms with van der Waals surface area (Å²) < 4.78 is 10.9. The van der Waals surface area contributed by atoms with Crippen LogP contribution in [0.3, 0.4) is 0 Å². The Labute approximate surface area is 167 Å². The fraction of sp³-hybridized carbons (Fsp3) is 0.500. The van der Waals surface area contributed by atoms with E-state index in [1.807, 2.05) is 30.3 Å². The van der Waals surface area contributed by atoms with E-state index < -0.39 is 17.4 Å². The zero-order valence-electron chi connectivity index (χ0n) is 16.9. The largest absolute Gasteiger partial charge is 0.465 e. The van der Waals surface area contributed by atoms with Crippen LogP contribution in [0.4, 0.5) is 0 Å². The molecule has 0 spiro atoms. The van der Waals surface area contributed by atoms with E-state index in [1.165, 1.54) is 0 Å². The summed E-state index contributed by atoms with van der Waals surface area (Å²) in [5, 5.41) is 0. The minimum absolute atomic E-state index is 0.0503. The number of benzene rings is 1. The summed E-state index contributed by atoms with van der Waals surface area (Å²) in [6.07, 6.45) is 10.8. The fourth-order valence-electron chi connectivity index (χ4n) is 4.65. The molecule has 1 fully saturated rings. The SMILES string of the molecule is CCOC(=O)C1(C(=O)OCC)C/C(=C/c2ccccc2)[C@@H]2/C=C\CCCC[C@H]21. The van der Waals surface area contributed by atoms with Crippen molar-refractivity contribution < 1.29 is 19.1 Å². The fourth-order valence-corrected chi connectivity index (χ4v) is 4.65. The summed E-state index contributed by atoms with van der Waals surface area (Å²) in [5.41, 5.74) is 0.935. The molecule has 150 valence electrons. The molecule has 0 amide bonds. The van der Waals surface area contributed by atoms with Gasteiger partial charge in [-0.15, -0.1) is 0 Å². The van der Waals surface area contributed by atoms with Gasteiger partial charge >= 0.3 is 11.9 Å². The van der Waals surface area contributed by atoms with Gasteiger partial charge in [0.15, 0.2) is 5.41 Å². The molecule has 4 nitrogen and oxygen atoms in total. The predicted octanol–water partition coefficient (Wildman–Crippen LogP) is 4.95. The average molecular weight is 383 g/mol. The topological polar surface area (TPSA) is 52.6 Å². The third-order valence-corrected chi connectivity index (χ3v) is 5.89. The normalized spacial score (nSPS) is 26.0. The summed E-state index contributed by atoms with van der Waals surface area (Å²) in [6.45, 7) is 4.07. The number of fused-ring (bicyclic) bond motifs is 1. The molecule has 0 bridgehead atoms. The summed E-state index contributed by atoms with van der Waals surface area (Å²) in [5.74, 6) is -0.950. The van der Waals surface area contributed by atoms with E-state index >= 15 is 0 Å². The van der Waals surface area contributed by atoms with Crippen molar-refractivity contribution in [1.82, 2.24) is 0 Å². The number of hydrogen-bond donors (Lipinski definition) is 0. The molecule has 0 aromatic heterocycles. The van der Waals surface area contributed by atoms with Crippen LogP contribution < -0.4 is 0 Å². The first-order chi connectivity index (χ1) is 13.6. The lowest BCUT2D eigenvalue weighted by molar-refractivity contribution is -0.175. The third kappa shape index (κ3) is 3.91. The van der Waals surface area contributed by atoms with E-state index in [0.717, 1.165) is 36.8 Å². The van der Waals surface area contributed by atoms with Gasteiger partial charge in [0.25, 0.3) is 0 Å². The third-order valence-electron chi connectivity index (χ3n) is 5.89. The van der Waals surface area contributed by atoms with Crippen molar-refractivity contribution >= 4 is 18.0 Å². The van der Waals surface area contributed by atoms with Gasteiger partial charge in [-0.1, -0.05) is 60.6 Å². The lowest BCUT2D eigenvalue weighted by atomic mass is 9.72. The summed E-state index contributed by atoms with van der Waals surface area (Å²) in [6, 6.07) is 10.1. The molecule has 1 aromatic rings. The monoisotopic (exact) mass is 382 g/mol. The number of esters is 2. The molecule has 0 unspecified atom stereocenters. The van der Waals surface area contributed by atoms with Gasteiger partial charge in [-0.3, -0.25) is 9.59 Å². The number of hydrogen-bond acceptors (Lipinski definition) is 4. The quantitative estimate of drug-likeness (QED) is 0.411. The minimum atomic E-state index is -1.25. The first kappa shape index (κ1) is 20.4. The van der Waals surface area contributed by atoms with Gasteiger partial charge < -0.3 is 9.47 Å². The van der Waals surface area contributed by atoms with Gasteiger partial charge in [0.05, 0.1) is 13.2 Å². The first-order valence-corrected chi connectivity index (χ1v) is 10.4. The maximum atomic E-state index is 13.2. The van der Waals surface area contributed by atoms with Crippen molar-refractivity contribution in [2.24, 2.45) is 17.3 Å². The van der Waals surface area contributed by atoms with Crippen LogP contribution in [0.5, 0.6) is 0 Å².